The van der Waals surface area contributed by atoms with Gasteiger partial charge in [0.05, 0.1) is 31.8 Å². The molecular formula is C20H26O7. The van der Waals surface area contributed by atoms with Crippen molar-refractivity contribution in [2.75, 3.05) is 20.3 Å². The van der Waals surface area contributed by atoms with Crippen molar-refractivity contribution in [2.24, 2.45) is 11.8 Å². The average molecular weight is 378 g/mol. The molecule has 1 saturated carbocycles. The summed E-state index contributed by atoms with van der Waals surface area (Å²) in [6.45, 7) is 4.96. The maximum atomic E-state index is 12.7. The molecule has 0 unspecified atom stereocenters. The Balaban J connectivity index is 2.59. The van der Waals surface area contributed by atoms with Gasteiger partial charge in [-0.05, 0) is 38.5 Å². The van der Waals surface area contributed by atoms with Crippen LogP contribution in [-0.4, -0.2) is 48.8 Å². The van der Waals surface area contributed by atoms with Gasteiger partial charge in [0, 0.05) is 12.3 Å². The summed E-state index contributed by atoms with van der Waals surface area (Å²) in [5, 5.41) is 10.9. The van der Waals surface area contributed by atoms with E-state index in [0.29, 0.717) is 11.3 Å². The summed E-state index contributed by atoms with van der Waals surface area (Å²) in [5.74, 6) is -4.39. The summed E-state index contributed by atoms with van der Waals surface area (Å²) < 4.78 is 15.4. The molecule has 0 heterocycles. The molecule has 1 aromatic carbocycles. The molecule has 0 saturated heterocycles. The van der Waals surface area contributed by atoms with Crippen LogP contribution in [0.1, 0.15) is 38.7 Å². The van der Waals surface area contributed by atoms with Crippen LogP contribution in [0, 0.1) is 11.8 Å². The Kier molecular flexibility index (Phi) is 6.59. The molecule has 1 aromatic rings. The van der Waals surface area contributed by atoms with E-state index in [1.807, 2.05) is 0 Å². The zero-order valence-electron chi connectivity index (χ0n) is 16.1. The summed E-state index contributed by atoms with van der Waals surface area (Å²) in [7, 11) is 1.52. The standard InChI is InChI=1S/C20H26O7/c1-5-26-18(22)16-14(21)11-20(3,24)17(19(23)27-6-2)15(16)12-7-9-13(25-4)10-8-12/h7-10,15-17,24H,5-6,11H2,1-4H3/t15-,16+,17+,20-/m0/s1. The summed E-state index contributed by atoms with van der Waals surface area (Å²) in [5.41, 5.74) is -1.09. The van der Waals surface area contributed by atoms with Gasteiger partial charge in [-0.3, -0.25) is 14.4 Å². The van der Waals surface area contributed by atoms with Crippen LogP contribution in [0.25, 0.3) is 0 Å². The quantitative estimate of drug-likeness (QED) is 0.596. The van der Waals surface area contributed by atoms with Crippen molar-refractivity contribution in [2.45, 2.75) is 38.7 Å². The monoisotopic (exact) mass is 378 g/mol. The van der Waals surface area contributed by atoms with Crippen molar-refractivity contribution in [1.29, 1.82) is 0 Å². The fraction of sp³-hybridized carbons (Fsp3) is 0.550. The SMILES string of the molecule is CCOC(=O)[C@@H]1C(=O)C[C@](C)(O)[C@@H](C(=O)OCC)[C@H]1c1ccc(OC)cc1. The van der Waals surface area contributed by atoms with Gasteiger partial charge in [-0.1, -0.05) is 12.1 Å². The number of aliphatic hydroxyl groups is 1. The molecule has 0 radical (unpaired) electrons. The first-order chi connectivity index (χ1) is 12.8. The summed E-state index contributed by atoms with van der Waals surface area (Å²) in [4.78, 5) is 38.0. The number of rotatable bonds is 6. The zero-order chi connectivity index (χ0) is 20.2. The molecule has 7 heteroatoms. The van der Waals surface area contributed by atoms with Crippen molar-refractivity contribution < 1.29 is 33.7 Å². The van der Waals surface area contributed by atoms with Gasteiger partial charge in [-0.25, -0.2) is 0 Å². The largest absolute Gasteiger partial charge is 0.497 e. The lowest BCUT2D eigenvalue weighted by molar-refractivity contribution is -0.172. The number of methoxy groups -OCH3 is 1. The molecular weight excluding hydrogens is 352 g/mol. The van der Waals surface area contributed by atoms with Crippen molar-refractivity contribution in [3.05, 3.63) is 29.8 Å². The van der Waals surface area contributed by atoms with Gasteiger partial charge >= 0.3 is 11.9 Å². The van der Waals surface area contributed by atoms with Crippen LogP contribution in [-0.2, 0) is 23.9 Å². The third-order valence-corrected chi connectivity index (χ3v) is 4.85. The highest BCUT2D eigenvalue weighted by Crippen LogP contribution is 2.46. The van der Waals surface area contributed by atoms with Crippen molar-refractivity contribution in [3.8, 4) is 5.75 Å². The minimum absolute atomic E-state index is 0.110. The first-order valence-corrected chi connectivity index (χ1v) is 8.99. The molecule has 27 heavy (non-hydrogen) atoms. The molecule has 1 aliphatic carbocycles. The normalized spacial score (nSPS) is 27.7. The second-order valence-electron chi connectivity index (χ2n) is 6.76. The van der Waals surface area contributed by atoms with E-state index in [1.54, 1.807) is 38.1 Å². The number of Topliss-reactive ketones (excluding diaryl/α,β-unsaturated/α-hetero) is 1. The fourth-order valence-electron chi connectivity index (χ4n) is 3.71. The van der Waals surface area contributed by atoms with E-state index in [1.165, 1.54) is 14.0 Å². The number of hydrogen-bond donors (Lipinski definition) is 1. The Hall–Kier alpha value is -2.41. The predicted octanol–water partition coefficient (Wildman–Crippen LogP) is 1.86. The highest BCUT2D eigenvalue weighted by molar-refractivity contribution is 6.02. The maximum Gasteiger partial charge on any atom is 0.317 e. The van der Waals surface area contributed by atoms with E-state index >= 15 is 0 Å². The molecule has 7 nitrogen and oxygen atoms in total. The lowest BCUT2D eigenvalue weighted by Crippen LogP contribution is -2.55. The Bertz CT molecular complexity index is 693. The summed E-state index contributed by atoms with van der Waals surface area (Å²) in [6, 6.07) is 6.70. The maximum absolute atomic E-state index is 12.7. The molecule has 0 aliphatic heterocycles. The van der Waals surface area contributed by atoms with Gasteiger partial charge in [0.2, 0.25) is 0 Å². The van der Waals surface area contributed by atoms with E-state index in [2.05, 4.69) is 0 Å². The van der Waals surface area contributed by atoms with E-state index in [4.69, 9.17) is 14.2 Å². The van der Waals surface area contributed by atoms with Gasteiger partial charge in [-0.2, -0.15) is 0 Å². The summed E-state index contributed by atoms with van der Waals surface area (Å²) >= 11 is 0. The van der Waals surface area contributed by atoms with Crippen LogP contribution < -0.4 is 4.74 Å². The van der Waals surface area contributed by atoms with Gasteiger partial charge in [-0.15, -0.1) is 0 Å². The molecule has 1 fully saturated rings. The number of benzene rings is 1. The van der Waals surface area contributed by atoms with Crippen molar-refractivity contribution in [1.82, 2.24) is 0 Å². The zero-order valence-corrected chi connectivity index (χ0v) is 16.1. The summed E-state index contributed by atoms with van der Waals surface area (Å²) in [6.07, 6.45) is -0.327. The topological polar surface area (TPSA) is 99.1 Å². The molecule has 2 rings (SSSR count). The van der Waals surface area contributed by atoms with Crippen molar-refractivity contribution >= 4 is 17.7 Å². The third-order valence-electron chi connectivity index (χ3n) is 4.85. The van der Waals surface area contributed by atoms with Crippen LogP contribution in [0.2, 0.25) is 0 Å². The molecule has 0 aromatic heterocycles. The second kappa shape index (κ2) is 8.52. The average Bonchev–Trinajstić information content (AvgIpc) is 2.60. The molecule has 1 N–H and O–H groups in total. The second-order valence-corrected chi connectivity index (χ2v) is 6.76. The van der Waals surface area contributed by atoms with Crippen LogP contribution >= 0.6 is 0 Å². The van der Waals surface area contributed by atoms with Crippen molar-refractivity contribution in [3.63, 3.8) is 0 Å². The van der Waals surface area contributed by atoms with Gasteiger partial charge in [0.1, 0.15) is 11.7 Å². The lowest BCUT2D eigenvalue weighted by atomic mass is 9.61. The number of carbonyl (C=O) groups is 3. The number of ether oxygens (including phenoxy) is 3. The fourth-order valence-corrected chi connectivity index (χ4v) is 3.71. The minimum atomic E-state index is -1.64. The predicted molar refractivity (Wildman–Crippen MR) is 96.2 cm³/mol. The molecule has 0 bridgehead atoms. The van der Waals surface area contributed by atoms with E-state index < -0.39 is 41.1 Å². The minimum Gasteiger partial charge on any atom is -0.497 e. The number of carbonyl (C=O) groups excluding carboxylic acids is 3. The Morgan fingerprint density at radius 1 is 1.11 bits per heavy atom. The van der Waals surface area contributed by atoms with Crippen LogP contribution in [0.15, 0.2) is 24.3 Å². The van der Waals surface area contributed by atoms with Gasteiger partial charge < -0.3 is 19.3 Å². The van der Waals surface area contributed by atoms with E-state index in [-0.39, 0.29) is 19.6 Å². The molecule has 0 spiro atoms. The number of hydrogen-bond acceptors (Lipinski definition) is 7. The van der Waals surface area contributed by atoms with E-state index in [9.17, 15) is 19.5 Å². The highest BCUT2D eigenvalue weighted by Gasteiger charge is 2.57. The Morgan fingerprint density at radius 2 is 1.67 bits per heavy atom. The lowest BCUT2D eigenvalue weighted by Gasteiger charge is -2.43. The molecule has 1 aliphatic rings. The highest BCUT2D eigenvalue weighted by atomic mass is 16.5. The number of ketones is 1. The first-order valence-electron chi connectivity index (χ1n) is 8.99. The third kappa shape index (κ3) is 4.30. The molecule has 0 amide bonds. The number of esters is 2. The molecule has 148 valence electrons. The van der Waals surface area contributed by atoms with E-state index in [0.717, 1.165) is 0 Å². The van der Waals surface area contributed by atoms with Gasteiger partial charge in [0.15, 0.2) is 5.78 Å². The van der Waals surface area contributed by atoms with Gasteiger partial charge in [0.25, 0.3) is 0 Å². The first kappa shape index (κ1) is 20.9. The van der Waals surface area contributed by atoms with Crippen LogP contribution in [0.4, 0.5) is 0 Å². The Morgan fingerprint density at radius 3 is 2.19 bits per heavy atom. The van der Waals surface area contributed by atoms with Crippen LogP contribution in [0.3, 0.4) is 0 Å². The van der Waals surface area contributed by atoms with Crippen LogP contribution in [0.5, 0.6) is 5.75 Å². The molecule has 4 atom stereocenters. The Labute approximate surface area is 158 Å². The smallest absolute Gasteiger partial charge is 0.317 e.